The van der Waals surface area contributed by atoms with Gasteiger partial charge in [0.2, 0.25) is 5.89 Å². The average molecular weight is 275 g/mol. The van der Waals surface area contributed by atoms with Gasteiger partial charge >= 0.3 is 0 Å². The maximum atomic E-state index is 8.71. The van der Waals surface area contributed by atoms with Crippen LogP contribution < -0.4 is 11.1 Å². The zero-order valence-corrected chi connectivity index (χ0v) is 10.9. The number of benzene rings is 1. The predicted molar refractivity (Wildman–Crippen MR) is 73.2 cm³/mol. The molecule has 1 heterocycles. The molecular formula is C13H17N5O2. The van der Waals surface area contributed by atoms with Gasteiger partial charge in [-0.15, -0.1) is 0 Å². The quantitative estimate of drug-likeness (QED) is 0.302. The fraction of sp³-hybridized carbons (Fsp3) is 0.308. The van der Waals surface area contributed by atoms with Crippen molar-refractivity contribution in [2.75, 3.05) is 6.54 Å². The first-order valence-electron chi connectivity index (χ1n) is 6.30. The van der Waals surface area contributed by atoms with Gasteiger partial charge in [0.1, 0.15) is 5.84 Å². The summed E-state index contributed by atoms with van der Waals surface area (Å²) in [6.45, 7) is 0.653. The van der Waals surface area contributed by atoms with Crippen LogP contribution in [0.15, 0.2) is 46.3 Å². The Morgan fingerprint density at radius 3 is 2.85 bits per heavy atom. The first-order valence-corrected chi connectivity index (χ1v) is 6.30. The van der Waals surface area contributed by atoms with Crippen LogP contribution in [0.2, 0.25) is 0 Å². The van der Waals surface area contributed by atoms with Crippen LogP contribution in [0.5, 0.6) is 0 Å². The number of nitrogens with two attached hydrogens (primary N) is 1. The van der Waals surface area contributed by atoms with Crippen LogP contribution in [0.1, 0.15) is 23.9 Å². The molecule has 1 aromatic heterocycles. The molecular weight excluding hydrogens is 258 g/mol. The Hall–Kier alpha value is -2.41. The molecule has 7 heteroatoms. The van der Waals surface area contributed by atoms with E-state index < -0.39 is 0 Å². The Bertz CT molecular complexity index is 527. The largest absolute Gasteiger partial charge is 0.409 e. The van der Waals surface area contributed by atoms with Crippen molar-refractivity contribution < 1.29 is 9.73 Å². The summed E-state index contributed by atoms with van der Waals surface area (Å²) < 4.78 is 4.93. The molecule has 20 heavy (non-hydrogen) atoms. The molecule has 1 aromatic carbocycles. The van der Waals surface area contributed by atoms with E-state index in [9.17, 15) is 0 Å². The standard InChI is InChI=1S/C13H17N5O2/c14-12(18-19)8-11(10-4-2-1-3-5-10)15-7-6-13-16-9-17-20-13/h1-5,9,11,15,19H,6-8H2,(H2,14,18). The second-order valence-electron chi connectivity index (χ2n) is 4.30. The molecule has 2 aromatic rings. The van der Waals surface area contributed by atoms with Gasteiger partial charge < -0.3 is 20.8 Å². The molecule has 0 fully saturated rings. The van der Waals surface area contributed by atoms with Crippen molar-refractivity contribution in [3.05, 3.63) is 48.1 Å². The van der Waals surface area contributed by atoms with Crippen molar-refractivity contribution >= 4 is 5.84 Å². The van der Waals surface area contributed by atoms with Crippen molar-refractivity contribution in [2.24, 2.45) is 10.9 Å². The van der Waals surface area contributed by atoms with Gasteiger partial charge in [0, 0.05) is 25.4 Å². The van der Waals surface area contributed by atoms with Crippen molar-refractivity contribution in [3.63, 3.8) is 0 Å². The molecule has 7 nitrogen and oxygen atoms in total. The number of rotatable bonds is 7. The van der Waals surface area contributed by atoms with E-state index in [0.717, 1.165) is 5.56 Å². The maximum absolute atomic E-state index is 8.71. The van der Waals surface area contributed by atoms with Crippen molar-refractivity contribution in [1.82, 2.24) is 15.5 Å². The lowest BCUT2D eigenvalue weighted by molar-refractivity contribution is 0.315. The molecule has 0 saturated carbocycles. The third kappa shape index (κ3) is 4.06. The van der Waals surface area contributed by atoms with Gasteiger partial charge in [-0.2, -0.15) is 4.98 Å². The van der Waals surface area contributed by atoms with Crippen LogP contribution in [-0.2, 0) is 6.42 Å². The first kappa shape index (κ1) is 14.0. The lowest BCUT2D eigenvalue weighted by atomic mass is 10.0. The summed E-state index contributed by atoms with van der Waals surface area (Å²) in [7, 11) is 0. The third-order valence-corrected chi connectivity index (χ3v) is 2.88. The number of oxime groups is 1. The molecule has 0 aliphatic carbocycles. The molecule has 0 saturated heterocycles. The summed E-state index contributed by atoms with van der Waals surface area (Å²) in [6, 6.07) is 9.81. The average Bonchev–Trinajstić information content (AvgIpc) is 3.00. The Morgan fingerprint density at radius 2 is 2.20 bits per heavy atom. The molecule has 0 aliphatic heterocycles. The highest BCUT2D eigenvalue weighted by Gasteiger charge is 2.13. The van der Waals surface area contributed by atoms with Crippen LogP contribution in [0.25, 0.3) is 0 Å². The molecule has 106 valence electrons. The number of amidine groups is 1. The van der Waals surface area contributed by atoms with Gasteiger partial charge in [-0.1, -0.05) is 40.6 Å². The number of hydrogen-bond acceptors (Lipinski definition) is 6. The van der Waals surface area contributed by atoms with Crippen molar-refractivity contribution in [2.45, 2.75) is 18.9 Å². The zero-order chi connectivity index (χ0) is 14.2. The van der Waals surface area contributed by atoms with Crippen LogP contribution in [-0.4, -0.2) is 27.7 Å². The van der Waals surface area contributed by atoms with Crippen LogP contribution in [0.4, 0.5) is 0 Å². The Kier molecular flexibility index (Phi) is 5.08. The van der Waals surface area contributed by atoms with E-state index in [1.807, 2.05) is 30.3 Å². The van der Waals surface area contributed by atoms with E-state index in [4.69, 9.17) is 15.5 Å². The summed E-state index contributed by atoms with van der Waals surface area (Å²) in [5.74, 6) is 0.761. The fourth-order valence-corrected chi connectivity index (χ4v) is 1.90. The SMILES string of the molecule is N/C(CC(NCCc1ncno1)c1ccccc1)=N/O. The van der Waals surface area contributed by atoms with Crippen molar-refractivity contribution in [1.29, 1.82) is 0 Å². The topological polar surface area (TPSA) is 110 Å². The van der Waals surface area contributed by atoms with E-state index in [-0.39, 0.29) is 11.9 Å². The van der Waals surface area contributed by atoms with E-state index in [2.05, 4.69) is 20.6 Å². The minimum Gasteiger partial charge on any atom is -0.409 e. The summed E-state index contributed by atoms with van der Waals surface area (Å²) in [6.07, 6.45) is 2.42. The van der Waals surface area contributed by atoms with Crippen LogP contribution in [0, 0.1) is 0 Å². The first-order chi connectivity index (χ1) is 9.79. The number of aromatic nitrogens is 2. The number of nitrogens with zero attached hydrogens (tertiary/aromatic N) is 3. The van der Waals surface area contributed by atoms with Crippen LogP contribution >= 0.6 is 0 Å². The summed E-state index contributed by atoms with van der Waals surface area (Å²) in [5.41, 5.74) is 6.67. The predicted octanol–water partition coefficient (Wildman–Crippen LogP) is 1.08. The molecule has 4 N–H and O–H groups in total. The third-order valence-electron chi connectivity index (χ3n) is 2.88. The van der Waals surface area contributed by atoms with E-state index in [0.29, 0.717) is 25.3 Å². The monoisotopic (exact) mass is 275 g/mol. The minimum absolute atomic E-state index is 0.0324. The Labute approximate surface area is 116 Å². The van der Waals surface area contributed by atoms with Crippen molar-refractivity contribution in [3.8, 4) is 0 Å². The van der Waals surface area contributed by atoms with E-state index in [1.54, 1.807) is 0 Å². The zero-order valence-electron chi connectivity index (χ0n) is 10.9. The number of hydrogen-bond donors (Lipinski definition) is 3. The minimum atomic E-state index is -0.0324. The molecule has 0 bridgehead atoms. The van der Waals surface area contributed by atoms with Crippen LogP contribution in [0.3, 0.4) is 0 Å². The van der Waals surface area contributed by atoms with Gasteiger partial charge in [0.25, 0.3) is 0 Å². The lowest BCUT2D eigenvalue weighted by Crippen LogP contribution is -2.28. The highest BCUT2D eigenvalue weighted by atomic mass is 16.5. The Balaban J connectivity index is 1.95. The van der Waals surface area contributed by atoms with E-state index >= 15 is 0 Å². The molecule has 0 amide bonds. The fourth-order valence-electron chi connectivity index (χ4n) is 1.90. The molecule has 0 aliphatic rings. The second-order valence-corrected chi connectivity index (χ2v) is 4.30. The highest BCUT2D eigenvalue weighted by Crippen LogP contribution is 2.16. The molecule has 1 atom stereocenters. The lowest BCUT2D eigenvalue weighted by Gasteiger charge is -2.18. The highest BCUT2D eigenvalue weighted by molar-refractivity contribution is 5.80. The van der Waals surface area contributed by atoms with E-state index in [1.165, 1.54) is 6.33 Å². The number of nitrogens with one attached hydrogen (secondary N) is 1. The molecule has 2 rings (SSSR count). The molecule has 0 radical (unpaired) electrons. The molecule has 0 spiro atoms. The second kappa shape index (κ2) is 7.25. The maximum Gasteiger partial charge on any atom is 0.227 e. The van der Waals surface area contributed by atoms with Gasteiger partial charge in [-0.25, -0.2) is 0 Å². The summed E-state index contributed by atoms with van der Waals surface area (Å²) in [4.78, 5) is 3.96. The van der Waals surface area contributed by atoms with Gasteiger partial charge in [0.05, 0.1) is 0 Å². The normalized spacial score (nSPS) is 13.3. The van der Waals surface area contributed by atoms with Gasteiger partial charge in [-0.05, 0) is 5.56 Å². The molecule has 1 unspecified atom stereocenters. The summed E-state index contributed by atoms with van der Waals surface area (Å²) in [5, 5.41) is 18.6. The van der Waals surface area contributed by atoms with Gasteiger partial charge in [-0.3, -0.25) is 0 Å². The van der Waals surface area contributed by atoms with Gasteiger partial charge in [0.15, 0.2) is 6.33 Å². The summed E-state index contributed by atoms with van der Waals surface area (Å²) >= 11 is 0. The smallest absolute Gasteiger partial charge is 0.227 e. The Morgan fingerprint density at radius 1 is 1.40 bits per heavy atom.